The van der Waals surface area contributed by atoms with Crippen LogP contribution in [-0.4, -0.2) is 32.1 Å². The van der Waals surface area contributed by atoms with Crippen LogP contribution in [0.3, 0.4) is 0 Å². The maximum absolute atomic E-state index is 11.2. The zero-order valence-electron chi connectivity index (χ0n) is 8.45. The first-order valence-corrected chi connectivity index (χ1v) is 5.92. The Hall–Kier alpha value is -0.610. The second-order valence-corrected chi connectivity index (χ2v) is 5.13. The minimum Gasteiger partial charge on any atom is -0.212 e. The van der Waals surface area contributed by atoms with Crippen LogP contribution in [0.4, 0.5) is 0 Å². The summed E-state index contributed by atoms with van der Waals surface area (Å²) in [6.07, 6.45) is 4.67. The van der Waals surface area contributed by atoms with E-state index in [0.29, 0.717) is 13.1 Å². The quantitative estimate of drug-likeness (QED) is 0.633. The Bertz CT molecular complexity index is 287. The lowest BCUT2D eigenvalue weighted by Crippen LogP contribution is -2.30. The monoisotopic (exact) mass is 203 g/mol. The van der Waals surface area contributed by atoms with Crippen LogP contribution >= 0.6 is 0 Å². The highest BCUT2D eigenvalue weighted by Crippen LogP contribution is 1.99. The lowest BCUT2D eigenvalue weighted by atomic mass is 10.3. The van der Waals surface area contributed by atoms with Gasteiger partial charge in [-0.05, 0) is 13.8 Å². The molecule has 76 valence electrons. The highest BCUT2D eigenvalue weighted by molar-refractivity contribution is 7.88. The lowest BCUT2D eigenvalue weighted by Gasteiger charge is -2.15. The molecule has 0 unspecified atom stereocenters. The molecule has 0 aromatic rings. The van der Waals surface area contributed by atoms with Crippen molar-refractivity contribution in [3.8, 4) is 0 Å². The van der Waals surface area contributed by atoms with Crippen molar-refractivity contribution in [1.82, 2.24) is 4.31 Å². The van der Waals surface area contributed by atoms with Gasteiger partial charge in [0.2, 0.25) is 10.0 Å². The second kappa shape index (κ2) is 5.19. The van der Waals surface area contributed by atoms with Gasteiger partial charge in [0.1, 0.15) is 0 Å². The third-order valence-corrected chi connectivity index (χ3v) is 2.74. The number of rotatable bonds is 5. The van der Waals surface area contributed by atoms with E-state index in [-0.39, 0.29) is 0 Å². The fraction of sp³-hybridized carbons (Fsp3) is 0.556. The highest BCUT2D eigenvalue weighted by atomic mass is 32.2. The predicted octanol–water partition coefficient (Wildman–Crippen LogP) is 1.40. The van der Waals surface area contributed by atoms with Crippen molar-refractivity contribution >= 4 is 10.0 Å². The zero-order chi connectivity index (χ0) is 10.5. The van der Waals surface area contributed by atoms with Crippen LogP contribution in [0.1, 0.15) is 13.8 Å². The first-order valence-electron chi connectivity index (χ1n) is 4.07. The van der Waals surface area contributed by atoms with E-state index in [2.05, 4.69) is 6.58 Å². The molecule has 0 spiro atoms. The highest BCUT2D eigenvalue weighted by Gasteiger charge is 2.12. The molecule has 13 heavy (non-hydrogen) atoms. The maximum atomic E-state index is 11.2. The fourth-order valence-corrected chi connectivity index (χ4v) is 1.50. The topological polar surface area (TPSA) is 37.4 Å². The molecule has 3 nitrogen and oxygen atoms in total. The van der Waals surface area contributed by atoms with Crippen molar-refractivity contribution in [2.75, 3.05) is 19.3 Å². The molecule has 0 N–H and O–H groups in total. The molecular formula is C9H17NO2S. The van der Waals surface area contributed by atoms with Gasteiger partial charge in [0.15, 0.2) is 0 Å². The van der Waals surface area contributed by atoms with E-state index >= 15 is 0 Å². The van der Waals surface area contributed by atoms with Gasteiger partial charge >= 0.3 is 0 Å². The molecule has 4 heteroatoms. The van der Waals surface area contributed by atoms with Crippen LogP contribution < -0.4 is 0 Å². The van der Waals surface area contributed by atoms with Crippen molar-refractivity contribution in [2.45, 2.75) is 13.8 Å². The Morgan fingerprint density at radius 1 is 1.38 bits per heavy atom. The van der Waals surface area contributed by atoms with Crippen molar-refractivity contribution < 1.29 is 8.42 Å². The second-order valence-electron chi connectivity index (χ2n) is 3.15. The molecule has 0 rings (SSSR count). The minimum absolute atomic E-state index is 0.364. The molecule has 0 fully saturated rings. The summed E-state index contributed by atoms with van der Waals surface area (Å²) >= 11 is 0. The molecule has 0 saturated heterocycles. The van der Waals surface area contributed by atoms with E-state index in [0.717, 1.165) is 5.57 Å². The normalized spacial score (nSPS) is 11.4. The fourth-order valence-electron chi connectivity index (χ4n) is 0.774. The Morgan fingerprint density at radius 3 is 2.23 bits per heavy atom. The van der Waals surface area contributed by atoms with Gasteiger partial charge in [-0.3, -0.25) is 0 Å². The van der Waals surface area contributed by atoms with Crippen molar-refractivity contribution in [2.24, 2.45) is 0 Å². The van der Waals surface area contributed by atoms with E-state index in [4.69, 9.17) is 0 Å². The first kappa shape index (κ1) is 12.4. The summed E-state index contributed by atoms with van der Waals surface area (Å²) in [5.74, 6) is 0. The summed E-state index contributed by atoms with van der Waals surface area (Å²) in [5, 5.41) is 0. The maximum Gasteiger partial charge on any atom is 0.211 e. The molecular weight excluding hydrogens is 186 g/mol. The Morgan fingerprint density at radius 2 is 1.92 bits per heavy atom. The summed E-state index contributed by atoms with van der Waals surface area (Å²) in [6, 6.07) is 0. The van der Waals surface area contributed by atoms with Gasteiger partial charge in [-0.1, -0.05) is 17.7 Å². The largest absolute Gasteiger partial charge is 0.212 e. The SMILES string of the molecule is C=CCN(CC=C(C)C)S(C)(=O)=O. The molecule has 0 aliphatic carbocycles. The van der Waals surface area contributed by atoms with Gasteiger partial charge < -0.3 is 0 Å². The molecule has 0 aliphatic heterocycles. The van der Waals surface area contributed by atoms with Crippen LogP contribution in [-0.2, 0) is 10.0 Å². The summed E-state index contributed by atoms with van der Waals surface area (Å²) in [7, 11) is -3.11. The van der Waals surface area contributed by atoms with Crippen molar-refractivity contribution in [3.05, 3.63) is 24.3 Å². The predicted molar refractivity (Wildman–Crippen MR) is 56.0 cm³/mol. The van der Waals surface area contributed by atoms with Crippen LogP contribution in [0.5, 0.6) is 0 Å². The van der Waals surface area contributed by atoms with Crippen LogP contribution in [0, 0.1) is 0 Å². The minimum atomic E-state index is -3.11. The van der Waals surface area contributed by atoms with E-state index < -0.39 is 10.0 Å². The van der Waals surface area contributed by atoms with Crippen molar-refractivity contribution in [1.29, 1.82) is 0 Å². The molecule has 0 atom stereocenters. The van der Waals surface area contributed by atoms with Gasteiger partial charge in [-0.25, -0.2) is 8.42 Å². The number of hydrogen-bond donors (Lipinski definition) is 0. The molecule has 0 radical (unpaired) electrons. The Kier molecular flexibility index (Phi) is 4.95. The average Bonchev–Trinajstić information content (AvgIpc) is 1.95. The van der Waals surface area contributed by atoms with E-state index in [1.807, 2.05) is 19.9 Å². The van der Waals surface area contributed by atoms with Gasteiger partial charge in [0, 0.05) is 13.1 Å². The van der Waals surface area contributed by atoms with Crippen LogP contribution in [0.25, 0.3) is 0 Å². The summed E-state index contributed by atoms with van der Waals surface area (Å²) < 4.78 is 23.7. The molecule has 0 saturated carbocycles. The van der Waals surface area contributed by atoms with Crippen LogP contribution in [0.15, 0.2) is 24.3 Å². The van der Waals surface area contributed by atoms with Gasteiger partial charge in [-0.2, -0.15) is 4.31 Å². The smallest absolute Gasteiger partial charge is 0.211 e. The number of allylic oxidation sites excluding steroid dienone is 1. The summed E-state index contributed by atoms with van der Waals surface area (Å²) in [5.41, 5.74) is 1.11. The molecule has 0 aromatic heterocycles. The zero-order valence-corrected chi connectivity index (χ0v) is 9.26. The average molecular weight is 203 g/mol. The molecule has 0 aromatic carbocycles. The number of nitrogens with zero attached hydrogens (tertiary/aromatic N) is 1. The van der Waals surface area contributed by atoms with Crippen molar-refractivity contribution in [3.63, 3.8) is 0 Å². The molecule has 0 aliphatic rings. The van der Waals surface area contributed by atoms with Crippen LogP contribution in [0.2, 0.25) is 0 Å². The first-order chi connectivity index (χ1) is 5.88. The Balaban J connectivity index is 4.45. The number of hydrogen-bond acceptors (Lipinski definition) is 2. The van der Waals surface area contributed by atoms with E-state index in [1.165, 1.54) is 10.6 Å². The van der Waals surface area contributed by atoms with Gasteiger partial charge in [0.25, 0.3) is 0 Å². The summed E-state index contributed by atoms with van der Waals surface area (Å²) in [4.78, 5) is 0. The standard InChI is InChI=1S/C9H17NO2S/c1-5-7-10(13(4,11)12)8-6-9(2)3/h5-6H,1,7-8H2,2-4H3. The van der Waals surface area contributed by atoms with Gasteiger partial charge in [-0.15, -0.1) is 6.58 Å². The number of sulfonamides is 1. The van der Waals surface area contributed by atoms with E-state index in [9.17, 15) is 8.42 Å². The molecule has 0 amide bonds. The third kappa shape index (κ3) is 5.60. The summed E-state index contributed by atoms with van der Waals surface area (Å²) in [6.45, 7) is 8.18. The Labute approximate surface area is 80.8 Å². The third-order valence-electron chi connectivity index (χ3n) is 1.50. The molecule has 0 bridgehead atoms. The van der Waals surface area contributed by atoms with E-state index in [1.54, 1.807) is 6.08 Å². The molecule has 0 heterocycles. The lowest BCUT2D eigenvalue weighted by molar-refractivity contribution is 0.479. The van der Waals surface area contributed by atoms with Gasteiger partial charge in [0.05, 0.1) is 6.26 Å².